The standard InChI is InChI=1S/C22H22N4O/c27-22(26-25-17-7-3-1-2-4-8-17)19-15-21(16-11-13-23-14-12-16)24-20-10-6-5-9-18(19)20/h5-6,9-15H,1-4,7-8H2,(H,26,27). The fourth-order valence-electron chi connectivity index (χ4n) is 3.47. The lowest BCUT2D eigenvalue weighted by atomic mass is 10.0. The maximum atomic E-state index is 12.9. The minimum atomic E-state index is -0.194. The predicted molar refractivity (Wildman–Crippen MR) is 108 cm³/mol. The first-order valence-electron chi connectivity index (χ1n) is 9.47. The Morgan fingerprint density at radius 2 is 1.70 bits per heavy atom. The lowest BCUT2D eigenvalue weighted by Gasteiger charge is -2.09. The van der Waals surface area contributed by atoms with Crippen molar-refractivity contribution in [3.05, 3.63) is 60.4 Å². The van der Waals surface area contributed by atoms with Gasteiger partial charge in [-0.05, 0) is 49.9 Å². The number of hydrogen-bond donors (Lipinski definition) is 1. The maximum Gasteiger partial charge on any atom is 0.272 e. The quantitative estimate of drug-likeness (QED) is 0.543. The van der Waals surface area contributed by atoms with Gasteiger partial charge in [0, 0.05) is 29.1 Å². The number of hydrogen-bond acceptors (Lipinski definition) is 4. The minimum absolute atomic E-state index is 0.194. The topological polar surface area (TPSA) is 67.2 Å². The smallest absolute Gasteiger partial charge is 0.267 e. The summed E-state index contributed by atoms with van der Waals surface area (Å²) in [5.74, 6) is -0.194. The monoisotopic (exact) mass is 358 g/mol. The molecule has 1 aromatic carbocycles. The third-order valence-electron chi connectivity index (χ3n) is 4.93. The molecule has 1 fully saturated rings. The molecule has 0 radical (unpaired) electrons. The van der Waals surface area contributed by atoms with E-state index in [1.807, 2.05) is 42.5 Å². The Bertz CT molecular complexity index is 972. The maximum absolute atomic E-state index is 12.9. The van der Waals surface area contributed by atoms with Crippen molar-refractivity contribution in [2.75, 3.05) is 0 Å². The highest BCUT2D eigenvalue weighted by Gasteiger charge is 2.14. The van der Waals surface area contributed by atoms with Gasteiger partial charge in [-0.2, -0.15) is 5.10 Å². The van der Waals surface area contributed by atoms with Crippen LogP contribution >= 0.6 is 0 Å². The van der Waals surface area contributed by atoms with Gasteiger partial charge in [0.25, 0.3) is 5.91 Å². The summed E-state index contributed by atoms with van der Waals surface area (Å²) < 4.78 is 0. The zero-order valence-corrected chi connectivity index (χ0v) is 15.2. The van der Waals surface area contributed by atoms with Crippen LogP contribution < -0.4 is 5.43 Å². The van der Waals surface area contributed by atoms with Gasteiger partial charge in [-0.3, -0.25) is 9.78 Å². The second kappa shape index (κ2) is 8.08. The van der Waals surface area contributed by atoms with Crippen LogP contribution in [0.1, 0.15) is 48.9 Å². The highest BCUT2D eigenvalue weighted by Crippen LogP contribution is 2.24. The fraction of sp³-hybridized carbons (Fsp3) is 0.273. The molecule has 136 valence electrons. The molecule has 1 saturated carbocycles. The van der Waals surface area contributed by atoms with Crippen molar-refractivity contribution < 1.29 is 4.79 Å². The number of hydrazone groups is 1. The van der Waals surface area contributed by atoms with E-state index in [1.54, 1.807) is 12.4 Å². The van der Waals surface area contributed by atoms with Crippen LogP contribution in [-0.4, -0.2) is 21.6 Å². The minimum Gasteiger partial charge on any atom is -0.267 e. The zero-order chi connectivity index (χ0) is 18.5. The zero-order valence-electron chi connectivity index (χ0n) is 15.2. The summed E-state index contributed by atoms with van der Waals surface area (Å²) in [6.45, 7) is 0. The van der Waals surface area contributed by atoms with E-state index in [0.717, 1.165) is 53.6 Å². The average molecular weight is 358 g/mol. The Kier molecular flexibility index (Phi) is 5.19. The number of aromatic nitrogens is 2. The van der Waals surface area contributed by atoms with Gasteiger partial charge >= 0.3 is 0 Å². The highest BCUT2D eigenvalue weighted by atomic mass is 16.2. The molecule has 0 atom stereocenters. The van der Waals surface area contributed by atoms with Crippen molar-refractivity contribution in [2.24, 2.45) is 5.10 Å². The third kappa shape index (κ3) is 4.03. The number of carbonyl (C=O) groups excluding carboxylic acids is 1. The summed E-state index contributed by atoms with van der Waals surface area (Å²) in [6, 6.07) is 13.3. The molecule has 5 nitrogen and oxygen atoms in total. The molecule has 3 aromatic rings. The largest absolute Gasteiger partial charge is 0.272 e. The molecule has 1 amide bonds. The van der Waals surface area contributed by atoms with Crippen LogP contribution in [0.5, 0.6) is 0 Å². The van der Waals surface area contributed by atoms with Crippen LogP contribution in [-0.2, 0) is 0 Å². The van der Waals surface area contributed by atoms with E-state index in [9.17, 15) is 4.79 Å². The molecule has 0 bridgehead atoms. The Balaban J connectivity index is 1.69. The summed E-state index contributed by atoms with van der Waals surface area (Å²) in [5.41, 5.74) is 6.93. The molecule has 0 spiro atoms. The second-order valence-corrected chi connectivity index (χ2v) is 6.84. The Labute approximate surface area is 158 Å². The van der Waals surface area contributed by atoms with E-state index in [-0.39, 0.29) is 5.91 Å². The molecule has 1 aliphatic rings. The number of nitrogens with one attached hydrogen (secondary N) is 1. The normalized spacial score (nSPS) is 14.6. The van der Waals surface area contributed by atoms with Gasteiger partial charge in [0.2, 0.25) is 0 Å². The molecule has 27 heavy (non-hydrogen) atoms. The number of amides is 1. The summed E-state index contributed by atoms with van der Waals surface area (Å²) in [6.07, 6.45) is 10.2. The van der Waals surface area contributed by atoms with Crippen molar-refractivity contribution in [1.29, 1.82) is 0 Å². The second-order valence-electron chi connectivity index (χ2n) is 6.84. The van der Waals surface area contributed by atoms with E-state index in [2.05, 4.69) is 15.5 Å². The number of nitrogens with zero attached hydrogens (tertiary/aromatic N) is 3. The van der Waals surface area contributed by atoms with Crippen molar-refractivity contribution in [1.82, 2.24) is 15.4 Å². The fourth-order valence-corrected chi connectivity index (χ4v) is 3.47. The SMILES string of the molecule is O=C(NN=C1CCCCCC1)c1cc(-c2ccncc2)nc2ccccc12. The molecule has 0 aliphatic heterocycles. The summed E-state index contributed by atoms with van der Waals surface area (Å²) >= 11 is 0. The number of pyridine rings is 2. The highest BCUT2D eigenvalue weighted by molar-refractivity contribution is 6.07. The Morgan fingerprint density at radius 3 is 2.48 bits per heavy atom. The summed E-state index contributed by atoms with van der Waals surface area (Å²) in [7, 11) is 0. The van der Waals surface area contributed by atoms with Gasteiger partial charge in [0.05, 0.1) is 16.8 Å². The number of para-hydroxylation sites is 1. The van der Waals surface area contributed by atoms with Gasteiger partial charge in [0.15, 0.2) is 0 Å². The van der Waals surface area contributed by atoms with E-state index >= 15 is 0 Å². The van der Waals surface area contributed by atoms with Crippen LogP contribution in [0.3, 0.4) is 0 Å². The first-order chi connectivity index (χ1) is 13.3. The lowest BCUT2D eigenvalue weighted by Crippen LogP contribution is -2.20. The molecule has 0 unspecified atom stereocenters. The van der Waals surface area contributed by atoms with Gasteiger partial charge in [-0.1, -0.05) is 31.0 Å². The van der Waals surface area contributed by atoms with Gasteiger partial charge in [0.1, 0.15) is 0 Å². The van der Waals surface area contributed by atoms with Gasteiger partial charge < -0.3 is 0 Å². The van der Waals surface area contributed by atoms with Crippen molar-refractivity contribution >= 4 is 22.5 Å². The molecule has 4 rings (SSSR count). The molecular weight excluding hydrogens is 336 g/mol. The van der Waals surface area contributed by atoms with Gasteiger partial charge in [-0.15, -0.1) is 0 Å². The molecule has 1 aliphatic carbocycles. The van der Waals surface area contributed by atoms with Crippen LogP contribution in [0.25, 0.3) is 22.2 Å². The Morgan fingerprint density at radius 1 is 0.963 bits per heavy atom. The summed E-state index contributed by atoms with van der Waals surface area (Å²) in [5, 5.41) is 5.24. The molecule has 2 heterocycles. The summed E-state index contributed by atoms with van der Waals surface area (Å²) in [4.78, 5) is 21.7. The molecule has 2 aromatic heterocycles. The van der Waals surface area contributed by atoms with Crippen LogP contribution in [0.4, 0.5) is 0 Å². The van der Waals surface area contributed by atoms with Crippen molar-refractivity contribution in [2.45, 2.75) is 38.5 Å². The lowest BCUT2D eigenvalue weighted by molar-refractivity contribution is 0.0956. The Hall–Kier alpha value is -3.08. The number of rotatable bonds is 3. The molecular formula is C22H22N4O. The van der Waals surface area contributed by atoms with Gasteiger partial charge in [-0.25, -0.2) is 10.4 Å². The van der Waals surface area contributed by atoms with Crippen molar-refractivity contribution in [3.8, 4) is 11.3 Å². The average Bonchev–Trinajstić information content (AvgIpc) is 3.01. The first-order valence-corrected chi connectivity index (χ1v) is 9.47. The van der Waals surface area contributed by atoms with E-state index in [0.29, 0.717) is 5.56 Å². The van der Waals surface area contributed by atoms with E-state index < -0.39 is 0 Å². The van der Waals surface area contributed by atoms with E-state index in [4.69, 9.17) is 4.98 Å². The molecule has 5 heteroatoms. The molecule has 1 N–H and O–H groups in total. The first kappa shape index (κ1) is 17.3. The van der Waals surface area contributed by atoms with E-state index in [1.165, 1.54) is 12.8 Å². The molecule has 0 saturated heterocycles. The number of benzene rings is 1. The number of fused-ring (bicyclic) bond motifs is 1. The van der Waals surface area contributed by atoms with Crippen LogP contribution in [0.2, 0.25) is 0 Å². The van der Waals surface area contributed by atoms with Crippen LogP contribution in [0, 0.1) is 0 Å². The third-order valence-corrected chi connectivity index (χ3v) is 4.93. The van der Waals surface area contributed by atoms with Crippen molar-refractivity contribution in [3.63, 3.8) is 0 Å². The van der Waals surface area contributed by atoms with Crippen LogP contribution in [0.15, 0.2) is 60.0 Å². The number of carbonyl (C=O) groups is 1. The predicted octanol–water partition coefficient (Wildman–Crippen LogP) is 4.74.